The van der Waals surface area contributed by atoms with Crippen molar-refractivity contribution in [2.75, 3.05) is 5.48 Å². The van der Waals surface area contributed by atoms with E-state index in [1.807, 2.05) is 29.7 Å². The number of rotatable bonds is 3. The number of nitroso groups, excluding NO2 is 1. The summed E-state index contributed by atoms with van der Waals surface area (Å²) in [5.41, 5.74) is 4.72. The van der Waals surface area contributed by atoms with E-state index in [1.165, 1.54) is 0 Å². The molecule has 4 heteroatoms. The second kappa shape index (κ2) is 4.55. The second-order valence-corrected chi connectivity index (χ2v) is 3.30. The Morgan fingerprint density at radius 2 is 1.69 bits per heavy atom. The fraction of sp³-hybridized carbons (Fsp3) is 0. The van der Waals surface area contributed by atoms with Crippen molar-refractivity contribution in [1.82, 2.24) is 0 Å². The van der Waals surface area contributed by atoms with Crippen molar-refractivity contribution < 1.29 is 5.21 Å². The predicted octanol–water partition coefficient (Wildman–Crippen LogP) is 3.55. The molecule has 2 aromatic rings. The summed E-state index contributed by atoms with van der Waals surface area (Å²) in [5.74, 6) is 0. The fourth-order valence-electron chi connectivity index (χ4n) is 1.52. The molecule has 0 saturated heterocycles. The molecule has 0 aromatic heterocycles. The zero-order chi connectivity index (χ0) is 11.4. The molecule has 0 saturated carbocycles. The Morgan fingerprint density at radius 3 is 2.31 bits per heavy atom. The van der Waals surface area contributed by atoms with Gasteiger partial charge in [0, 0.05) is 5.56 Å². The van der Waals surface area contributed by atoms with Gasteiger partial charge >= 0.3 is 0 Å². The van der Waals surface area contributed by atoms with Gasteiger partial charge in [0.1, 0.15) is 5.69 Å². The molecule has 0 atom stereocenters. The average molecular weight is 214 g/mol. The predicted molar refractivity (Wildman–Crippen MR) is 62.7 cm³/mol. The summed E-state index contributed by atoms with van der Waals surface area (Å²) in [7, 11) is 0. The van der Waals surface area contributed by atoms with Gasteiger partial charge in [-0.25, -0.2) is 0 Å². The summed E-state index contributed by atoms with van der Waals surface area (Å²) in [5, 5.41) is 11.7. The van der Waals surface area contributed by atoms with Crippen LogP contribution in [0.5, 0.6) is 0 Å². The van der Waals surface area contributed by atoms with Gasteiger partial charge in [0.15, 0.2) is 0 Å². The zero-order valence-electron chi connectivity index (χ0n) is 8.42. The fourth-order valence-corrected chi connectivity index (χ4v) is 1.52. The number of anilines is 1. The lowest BCUT2D eigenvalue weighted by Crippen LogP contribution is -1.88. The maximum atomic E-state index is 10.6. The first-order valence-electron chi connectivity index (χ1n) is 4.78. The van der Waals surface area contributed by atoms with E-state index in [-0.39, 0.29) is 0 Å². The minimum absolute atomic E-state index is 0.409. The smallest absolute Gasteiger partial charge is 0.115 e. The summed E-state index contributed by atoms with van der Waals surface area (Å²) in [6, 6.07) is 14.2. The van der Waals surface area contributed by atoms with Crippen LogP contribution in [0.1, 0.15) is 0 Å². The Balaban J connectivity index is 2.46. The standard InChI is InChI=1S/C12H10N2O2/c15-13-10-7-5-9(6-8-10)11-3-1-2-4-12(11)14-16/h1-8,13,15H. The first-order chi connectivity index (χ1) is 7.85. The van der Waals surface area contributed by atoms with E-state index in [9.17, 15) is 4.91 Å². The molecule has 0 unspecified atom stereocenters. The van der Waals surface area contributed by atoms with Crippen LogP contribution in [0.4, 0.5) is 11.4 Å². The molecule has 0 heterocycles. The van der Waals surface area contributed by atoms with Gasteiger partial charge in [-0.3, -0.25) is 10.7 Å². The molecule has 0 aliphatic rings. The molecule has 16 heavy (non-hydrogen) atoms. The number of benzene rings is 2. The highest BCUT2D eigenvalue weighted by molar-refractivity contribution is 5.76. The van der Waals surface area contributed by atoms with E-state index in [0.29, 0.717) is 11.4 Å². The molecule has 2 aromatic carbocycles. The Morgan fingerprint density at radius 1 is 1.00 bits per heavy atom. The lowest BCUT2D eigenvalue weighted by molar-refractivity contribution is 0.389. The van der Waals surface area contributed by atoms with Crippen molar-refractivity contribution >= 4 is 11.4 Å². The van der Waals surface area contributed by atoms with Crippen LogP contribution in [-0.2, 0) is 0 Å². The Hall–Kier alpha value is -2.20. The molecular formula is C12H10N2O2. The molecule has 0 radical (unpaired) electrons. The maximum absolute atomic E-state index is 10.6. The van der Waals surface area contributed by atoms with Gasteiger partial charge in [-0.05, 0) is 28.9 Å². The molecule has 0 aliphatic carbocycles. The minimum Gasteiger partial charge on any atom is -0.291 e. The quantitative estimate of drug-likeness (QED) is 0.606. The average Bonchev–Trinajstić information content (AvgIpc) is 2.39. The first-order valence-corrected chi connectivity index (χ1v) is 4.78. The molecule has 0 bridgehead atoms. The maximum Gasteiger partial charge on any atom is 0.115 e. The third kappa shape index (κ3) is 1.92. The highest BCUT2D eigenvalue weighted by Gasteiger charge is 2.04. The lowest BCUT2D eigenvalue weighted by atomic mass is 10.0. The van der Waals surface area contributed by atoms with Gasteiger partial charge in [0.05, 0.1) is 5.69 Å². The third-order valence-electron chi connectivity index (χ3n) is 2.33. The largest absolute Gasteiger partial charge is 0.291 e. The van der Waals surface area contributed by atoms with Gasteiger partial charge in [0.25, 0.3) is 0 Å². The molecule has 0 spiro atoms. The van der Waals surface area contributed by atoms with Crippen LogP contribution < -0.4 is 5.48 Å². The van der Waals surface area contributed by atoms with Crippen LogP contribution in [-0.4, -0.2) is 5.21 Å². The summed E-state index contributed by atoms with van der Waals surface area (Å²) < 4.78 is 0. The van der Waals surface area contributed by atoms with Crippen LogP contribution in [0.15, 0.2) is 53.7 Å². The monoisotopic (exact) mass is 214 g/mol. The van der Waals surface area contributed by atoms with Crippen molar-refractivity contribution in [3.05, 3.63) is 53.4 Å². The molecule has 0 amide bonds. The molecule has 80 valence electrons. The van der Waals surface area contributed by atoms with Gasteiger partial charge in [-0.15, -0.1) is 4.91 Å². The molecule has 0 fully saturated rings. The lowest BCUT2D eigenvalue weighted by Gasteiger charge is -2.04. The minimum atomic E-state index is 0.409. The van der Waals surface area contributed by atoms with E-state index in [0.717, 1.165) is 11.1 Å². The first kappa shape index (κ1) is 10.3. The van der Waals surface area contributed by atoms with Gasteiger partial charge in [-0.2, -0.15) is 0 Å². The summed E-state index contributed by atoms with van der Waals surface area (Å²) in [6.07, 6.45) is 0. The third-order valence-corrected chi connectivity index (χ3v) is 2.33. The number of hydrogen-bond acceptors (Lipinski definition) is 4. The molecular weight excluding hydrogens is 204 g/mol. The van der Waals surface area contributed by atoms with Crippen LogP contribution in [0, 0.1) is 4.91 Å². The van der Waals surface area contributed by atoms with Crippen molar-refractivity contribution in [1.29, 1.82) is 0 Å². The Bertz CT molecular complexity index is 495. The Labute approximate surface area is 92.5 Å². The van der Waals surface area contributed by atoms with Crippen molar-refractivity contribution in [2.24, 2.45) is 5.18 Å². The van der Waals surface area contributed by atoms with Crippen molar-refractivity contribution in [3.8, 4) is 11.1 Å². The highest BCUT2D eigenvalue weighted by Crippen LogP contribution is 2.30. The summed E-state index contributed by atoms with van der Waals surface area (Å²) in [4.78, 5) is 10.6. The summed E-state index contributed by atoms with van der Waals surface area (Å²) >= 11 is 0. The Kier molecular flexibility index (Phi) is 2.93. The van der Waals surface area contributed by atoms with E-state index < -0.39 is 0 Å². The van der Waals surface area contributed by atoms with Crippen molar-refractivity contribution in [2.45, 2.75) is 0 Å². The second-order valence-electron chi connectivity index (χ2n) is 3.30. The number of nitrogens with zero attached hydrogens (tertiary/aromatic N) is 1. The van der Waals surface area contributed by atoms with E-state index in [1.54, 1.807) is 24.3 Å². The van der Waals surface area contributed by atoms with Crippen LogP contribution >= 0.6 is 0 Å². The zero-order valence-corrected chi connectivity index (χ0v) is 8.42. The number of nitrogens with one attached hydrogen (secondary N) is 1. The van der Waals surface area contributed by atoms with E-state index in [4.69, 9.17) is 5.21 Å². The summed E-state index contributed by atoms with van der Waals surface area (Å²) in [6.45, 7) is 0. The van der Waals surface area contributed by atoms with Gasteiger partial charge in [0.2, 0.25) is 0 Å². The van der Waals surface area contributed by atoms with Crippen LogP contribution in [0.25, 0.3) is 11.1 Å². The molecule has 2 rings (SSSR count). The van der Waals surface area contributed by atoms with Gasteiger partial charge in [-0.1, -0.05) is 30.3 Å². The van der Waals surface area contributed by atoms with Crippen LogP contribution in [0.3, 0.4) is 0 Å². The van der Waals surface area contributed by atoms with Crippen LogP contribution in [0.2, 0.25) is 0 Å². The molecule has 4 nitrogen and oxygen atoms in total. The van der Waals surface area contributed by atoms with E-state index in [2.05, 4.69) is 5.18 Å². The SMILES string of the molecule is O=Nc1ccccc1-c1ccc(NO)cc1. The molecule has 2 N–H and O–H groups in total. The van der Waals surface area contributed by atoms with E-state index >= 15 is 0 Å². The topological polar surface area (TPSA) is 61.7 Å². The normalized spacial score (nSPS) is 9.81. The van der Waals surface area contributed by atoms with Gasteiger partial charge < -0.3 is 0 Å². The highest BCUT2D eigenvalue weighted by atomic mass is 16.5. The molecule has 0 aliphatic heterocycles. The van der Waals surface area contributed by atoms with Crippen molar-refractivity contribution in [3.63, 3.8) is 0 Å². The number of hydrogen-bond donors (Lipinski definition) is 2.